The molecule has 1 aliphatic rings. The Bertz CT molecular complexity index is 1110. The second-order valence-corrected chi connectivity index (χ2v) is 8.66. The van der Waals surface area contributed by atoms with Crippen LogP contribution < -0.4 is 5.32 Å². The highest BCUT2D eigenvalue weighted by atomic mass is 35.5. The van der Waals surface area contributed by atoms with Crippen molar-refractivity contribution in [3.63, 3.8) is 0 Å². The van der Waals surface area contributed by atoms with Gasteiger partial charge in [-0.15, -0.1) is 0 Å². The fraction of sp³-hybridized carbons (Fsp3) is 0.348. The van der Waals surface area contributed by atoms with Gasteiger partial charge in [-0.2, -0.15) is 0 Å². The van der Waals surface area contributed by atoms with Crippen LogP contribution in [0.15, 0.2) is 42.5 Å². The molecular formula is C23H24ClFN4O2. The monoisotopic (exact) mass is 442 g/mol. The van der Waals surface area contributed by atoms with Gasteiger partial charge in [-0.25, -0.2) is 9.37 Å². The van der Waals surface area contributed by atoms with Gasteiger partial charge >= 0.3 is 0 Å². The zero-order valence-corrected chi connectivity index (χ0v) is 18.0. The SMILES string of the molecule is CN(Cc1nc2ccc(F)cc2[nH]1)C(=O)CCC1(Cc2ccc(Cl)cc2)CCC(=O)N1. The molecule has 0 saturated carbocycles. The normalized spacial score (nSPS) is 18.4. The van der Waals surface area contributed by atoms with Crippen LogP contribution in [0.4, 0.5) is 4.39 Å². The summed E-state index contributed by atoms with van der Waals surface area (Å²) in [6.07, 6.45) is 2.67. The predicted molar refractivity (Wildman–Crippen MR) is 117 cm³/mol. The first-order valence-electron chi connectivity index (χ1n) is 10.3. The van der Waals surface area contributed by atoms with Crippen LogP contribution >= 0.6 is 11.6 Å². The van der Waals surface area contributed by atoms with Gasteiger partial charge in [0.05, 0.1) is 17.6 Å². The number of imidazole rings is 1. The largest absolute Gasteiger partial charge is 0.350 e. The van der Waals surface area contributed by atoms with E-state index in [1.165, 1.54) is 12.1 Å². The first-order valence-corrected chi connectivity index (χ1v) is 10.6. The lowest BCUT2D eigenvalue weighted by atomic mass is 9.85. The summed E-state index contributed by atoms with van der Waals surface area (Å²) in [4.78, 5) is 33.8. The van der Waals surface area contributed by atoms with Gasteiger partial charge in [0.25, 0.3) is 0 Å². The van der Waals surface area contributed by atoms with E-state index in [1.54, 1.807) is 18.0 Å². The third kappa shape index (κ3) is 5.05. The lowest BCUT2D eigenvalue weighted by Crippen LogP contribution is -2.44. The van der Waals surface area contributed by atoms with E-state index >= 15 is 0 Å². The minimum absolute atomic E-state index is 0.0178. The molecule has 2 heterocycles. The summed E-state index contributed by atoms with van der Waals surface area (Å²) in [6.45, 7) is 0.297. The first-order chi connectivity index (χ1) is 14.8. The molecule has 6 nitrogen and oxygen atoms in total. The van der Waals surface area contributed by atoms with Gasteiger partial charge in [-0.05, 0) is 55.2 Å². The maximum absolute atomic E-state index is 13.4. The van der Waals surface area contributed by atoms with Crippen molar-refractivity contribution in [1.82, 2.24) is 20.2 Å². The predicted octanol–water partition coefficient (Wildman–Crippen LogP) is 3.99. The molecule has 1 unspecified atom stereocenters. The summed E-state index contributed by atoms with van der Waals surface area (Å²) in [5, 5.41) is 3.77. The van der Waals surface area contributed by atoms with Gasteiger partial charge in [-0.3, -0.25) is 9.59 Å². The zero-order chi connectivity index (χ0) is 22.0. The summed E-state index contributed by atoms with van der Waals surface area (Å²) >= 11 is 5.98. The van der Waals surface area contributed by atoms with Crippen molar-refractivity contribution in [2.45, 2.75) is 44.2 Å². The van der Waals surface area contributed by atoms with Crippen molar-refractivity contribution >= 4 is 34.4 Å². The fourth-order valence-electron chi connectivity index (χ4n) is 4.13. The van der Waals surface area contributed by atoms with Gasteiger partial charge in [-0.1, -0.05) is 23.7 Å². The number of halogens is 2. The number of rotatable bonds is 7. The van der Waals surface area contributed by atoms with Crippen LogP contribution in [0.25, 0.3) is 11.0 Å². The van der Waals surface area contributed by atoms with Crippen LogP contribution in [-0.2, 0) is 22.6 Å². The molecule has 4 rings (SSSR count). The van der Waals surface area contributed by atoms with Crippen molar-refractivity contribution < 1.29 is 14.0 Å². The van der Waals surface area contributed by atoms with Crippen molar-refractivity contribution in [2.24, 2.45) is 0 Å². The van der Waals surface area contributed by atoms with E-state index in [-0.39, 0.29) is 17.6 Å². The lowest BCUT2D eigenvalue weighted by Gasteiger charge is -2.30. The Hall–Kier alpha value is -2.93. The number of carbonyl (C=O) groups excluding carboxylic acids is 2. The Labute approximate surface area is 184 Å². The van der Waals surface area contributed by atoms with Gasteiger partial charge < -0.3 is 15.2 Å². The number of benzene rings is 2. The average Bonchev–Trinajstić information content (AvgIpc) is 3.30. The third-order valence-corrected chi connectivity index (χ3v) is 6.07. The number of nitrogens with one attached hydrogen (secondary N) is 2. The summed E-state index contributed by atoms with van der Waals surface area (Å²) in [6, 6.07) is 11.9. The van der Waals surface area contributed by atoms with Crippen LogP contribution in [0.3, 0.4) is 0 Å². The minimum atomic E-state index is -0.432. The second kappa shape index (κ2) is 8.67. The van der Waals surface area contributed by atoms with Crippen molar-refractivity contribution in [3.05, 3.63) is 64.7 Å². The standard InChI is InChI=1S/C23H24ClFN4O2/c1-29(14-20-26-18-7-6-17(25)12-19(18)27-20)22(31)9-11-23(10-8-21(30)28-23)13-15-2-4-16(24)5-3-15/h2-7,12H,8-11,13-14H2,1H3,(H,26,27)(H,28,30). The van der Waals surface area contributed by atoms with Crippen LogP contribution in [0, 0.1) is 5.82 Å². The fourth-order valence-corrected chi connectivity index (χ4v) is 4.26. The van der Waals surface area contributed by atoms with E-state index < -0.39 is 5.54 Å². The molecule has 2 aromatic carbocycles. The Morgan fingerprint density at radius 3 is 2.74 bits per heavy atom. The summed E-state index contributed by atoms with van der Waals surface area (Å²) in [5.74, 6) is 0.241. The highest BCUT2D eigenvalue weighted by molar-refractivity contribution is 6.30. The molecule has 1 atom stereocenters. The molecule has 0 bridgehead atoms. The van der Waals surface area contributed by atoms with E-state index in [0.717, 1.165) is 5.56 Å². The molecule has 0 radical (unpaired) electrons. The molecule has 1 fully saturated rings. The molecule has 8 heteroatoms. The number of hydrogen-bond acceptors (Lipinski definition) is 3. The van der Waals surface area contributed by atoms with Crippen molar-refractivity contribution in [3.8, 4) is 0 Å². The number of carbonyl (C=O) groups is 2. The quantitative estimate of drug-likeness (QED) is 0.580. The van der Waals surface area contributed by atoms with Crippen molar-refractivity contribution in [1.29, 1.82) is 0 Å². The molecule has 3 aromatic rings. The highest BCUT2D eigenvalue weighted by Gasteiger charge is 2.38. The van der Waals surface area contributed by atoms with Crippen molar-refractivity contribution in [2.75, 3.05) is 7.05 Å². The minimum Gasteiger partial charge on any atom is -0.350 e. The molecular weight excluding hydrogens is 419 g/mol. The molecule has 2 N–H and O–H groups in total. The Kier molecular flexibility index (Phi) is 5.96. The summed E-state index contributed by atoms with van der Waals surface area (Å²) in [5.41, 5.74) is 1.90. The number of nitrogens with zero attached hydrogens (tertiary/aromatic N) is 2. The molecule has 0 spiro atoms. The van der Waals surface area contributed by atoms with E-state index in [1.807, 2.05) is 24.3 Å². The summed E-state index contributed by atoms with van der Waals surface area (Å²) < 4.78 is 13.4. The molecule has 1 aromatic heterocycles. The first kappa shape index (κ1) is 21.3. The highest BCUT2D eigenvalue weighted by Crippen LogP contribution is 2.30. The molecule has 0 aliphatic carbocycles. The topological polar surface area (TPSA) is 78.1 Å². The second-order valence-electron chi connectivity index (χ2n) is 8.23. The molecule has 31 heavy (non-hydrogen) atoms. The Morgan fingerprint density at radius 2 is 2.03 bits per heavy atom. The maximum atomic E-state index is 13.4. The van der Waals surface area contributed by atoms with E-state index in [9.17, 15) is 14.0 Å². The number of amides is 2. The number of H-pyrrole nitrogens is 1. The van der Waals surface area contributed by atoms with E-state index in [4.69, 9.17) is 11.6 Å². The molecule has 2 amide bonds. The lowest BCUT2D eigenvalue weighted by molar-refractivity contribution is -0.131. The van der Waals surface area contributed by atoms with E-state index in [2.05, 4.69) is 15.3 Å². The average molecular weight is 443 g/mol. The van der Waals surface area contributed by atoms with Gasteiger partial charge in [0.15, 0.2) is 0 Å². The van der Waals surface area contributed by atoms with Crippen LogP contribution in [0.2, 0.25) is 5.02 Å². The van der Waals surface area contributed by atoms with Crippen LogP contribution in [-0.4, -0.2) is 39.3 Å². The number of fused-ring (bicyclic) bond motifs is 1. The van der Waals surface area contributed by atoms with Gasteiger partial charge in [0, 0.05) is 30.5 Å². The van der Waals surface area contributed by atoms with Crippen LogP contribution in [0.5, 0.6) is 0 Å². The van der Waals surface area contributed by atoms with Gasteiger partial charge in [0.2, 0.25) is 11.8 Å². The number of aromatic amines is 1. The smallest absolute Gasteiger partial charge is 0.222 e. The zero-order valence-electron chi connectivity index (χ0n) is 17.3. The molecule has 1 saturated heterocycles. The maximum Gasteiger partial charge on any atom is 0.222 e. The Balaban J connectivity index is 1.39. The molecule has 1 aliphatic heterocycles. The third-order valence-electron chi connectivity index (χ3n) is 5.81. The molecule has 162 valence electrons. The Morgan fingerprint density at radius 1 is 1.26 bits per heavy atom. The number of aromatic nitrogens is 2. The summed E-state index contributed by atoms with van der Waals surface area (Å²) in [7, 11) is 1.72. The van der Waals surface area contributed by atoms with E-state index in [0.29, 0.717) is 60.5 Å². The van der Waals surface area contributed by atoms with Crippen LogP contribution in [0.1, 0.15) is 37.1 Å². The number of hydrogen-bond donors (Lipinski definition) is 2. The van der Waals surface area contributed by atoms with Gasteiger partial charge in [0.1, 0.15) is 11.6 Å².